The number of hydrogen-bond donors (Lipinski definition) is 3. The fraction of sp³-hybridized carbons (Fsp3) is 0.588. The van der Waals surface area contributed by atoms with E-state index in [-0.39, 0.29) is 6.42 Å². The molecule has 0 spiro atoms. The second kappa shape index (κ2) is 7.61. The maximum Gasteiger partial charge on any atom is 0.303 e. The quantitative estimate of drug-likeness (QED) is 0.720. The van der Waals surface area contributed by atoms with Gasteiger partial charge in [-0.2, -0.15) is 0 Å². The number of aliphatic hydroxyl groups excluding tert-OH is 2. The van der Waals surface area contributed by atoms with E-state index in [2.05, 4.69) is 6.92 Å². The number of ether oxygens (including phenoxy) is 1. The zero-order valence-electron chi connectivity index (χ0n) is 12.9. The fourth-order valence-electron chi connectivity index (χ4n) is 2.96. The minimum absolute atomic E-state index is 0.187. The van der Waals surface area contributed by atoms with Crippen LogP contribution in [0.4, 0.5) is 0 Å². The predicted octanol–water partition coefficient (Wildman–Crippen LogP) is 2.44. The smallest absolute Gasteiger partial charge is 0.303 e. The first-order valence-electron chi connectivity index (χ1n) is 7.88. The summed E-state index contributed by atoms with van der Waals surface area (Å²) < 4.78 is 5.37. The lowest BCUT2D eigenvalue weighted by molar-refractivity contribution is -0.137. The predicted molar refractivity (Wildman–Crippen MR) is 81.9 cm³/mol. The molecular weight excluding hydrogens is 284 g/mol. The summed E-state index contributed by atoms with van der Waals surface area (Å²) in [6, 6.07) is 5.87. The highest BCUT2D eigenvalue weighted by Gasteiger charge is 2.27. The lowest BCUT2D eigenvalue weighted by Gasteiger charge is -2.28. The zero-order chi connectivity index (χ0) is 16.1. The van der Waals surface area contributed by atoms with E-state index < -0.39 is 18.4 Å². The molecule has 0 radical (unpaired) electrons. The third-order valence-electron chi connectivity index (χ3n) is 4.15. The summed E-state index contributed by atoms with van der Waals surface area (Å²) in [7, 11) is 0. The van der Waals surface area contributed by atoms with E-state index in [1.165, 1.54) is 0 Å². The molecule has 1 heterocycles. The monoisotopic (exact) mass is 308 g/mol. The van der Waals surface area contributed by atoms with Crippen molar-refractivity contribution in [1.29, 1.82) is 0 Å². The van der Waals surface area contributed by atoms with E-state index in [0.29, 0.717) is 24.5 Å². The second-order valence-electron chi connectivity index (χ2n) is 5.92. The molecule has 2 rings (SSSR count). The molecule has 0 aliphatic carbocycles. The third-order valence-corrected chi connectivity index (χ3v) is 4.15. The zero-order valence-corrected chi connectivity index (χ0v) is 12.9. The molecule has 0 saturated carbocycles. The Hall–Kier alpha value is -1.59. The summed E-state index contributed by atoms with van der Waals surface area (Å²) in [5.74, 6) is 0.151. The fourth-order valence-corrected chi connectivity index (χ4v) is 2.96. The van der Waals surface area contributed by atoms with Gasteiger partial charge in [0, 0.05) is 12.8 Å². The lowest BCUT2D eigenvalue weighted by atomic mass is 9.88. The molecule has 0 saturated heterocycles. The van der Waals surface area contributed by atoms with E-state index in [1.54, 1.807) is 0 Å². The van der Waals surface area contributed by atoms with Gasteiger partial charge in [0.15, 0.2) is 0 Å². The molecule has 122 valence electrons. The Morgan fingerprint density at radius 2 is 2.14 bits per heavy atom. The van der Waals surface area contributed by atoms with Gasteiger partial charge in [0.2, 0.25) is 6.29 Å². The van der Waals surface area contributed by atoms with Crippen molar-refractivity contribution in [2.45, 2.75) is 63.8 Å². The number of fused-ring (bicyclic) bond motifs is 1. The van der Waals surface area contributed by atoms with Gasteiger partial charge in [-0.25, -0.2) is 0 Å². The van der Waals surface area contributed by atoms with Crippen LogP contribution >= 0.6 is 0 Å². The molecule has 0 bridgehead atoms. The molecule has 1 aliphatic rings. The number of carbonyl (C=O) groups is 1. The highest BCUT2D eigenvalue weighted by atomic mass is 16.6. The van der Waals surface area contributed by atoms with Crippen LogP contribution < -0.4 is 4.74 Å². The van der Waals surface area contributed by atoms with Crippen molar-refractivity contribution in [1.82, 2.24) is 0 Å². The molecule has 0 fully saturated rings. The van der Waals surface area contributed by atoms with Crippen LogP contribution in [0.25, 0.3) is 0 Å². The van der Waals surface area contributed by atoms with Crippen molar-refractivity contribution in [3.8, 4) is 5.75 Å². The normalized spacial score (nSPS) is 21.8. The number of rotatable bonds is 7. The van der Waals surface area contributed by atoms with Crippen LogP contribution in [0.15, 0.2) is 18.2 Å². The topological polar surface area (TPSA) is 87.0 Å². The summed E-state index contributed by atoms with van der Waals surface area (Å²) in [4.78, 5) is 10.7. The SMILES string of the molecule is CCCC(CCCC(=O)O)c1ccc2c(c1)OC(O)C(O)C2. The van der Waals surface area contributed by atoms with Gasteiger partial charge in [-0.3, -0.25) is 4.79 Å². The van der Waals surface area contributed by atoms with Crippen molar-refractivity contribution in [3.05, 3.63) is 29.3 Å². The van der Waals surface area contributed by atoms with Crippen LogP contribution in [0, 0.1) is 0 Å². The van der Waals surface area contributed by atoms with E-state index in [1.807, 2.05) is 18.2 Å². The summed E-state index contributed by atoms with van der Waals surface area (Å²) >= 11 is 0. The molecule has 5 nitrogen and oxygen atoms in total. The Kier molecular flexibility index (Phi) is 5.80. The number of aliphatic carboxylic acids is 1. The standard InChI is InChI=1S/C17H24O5/c1-2-4-11(5-3-6-16(19)20)12-7-8-13-9-14(18)17(21)22-15(13)10-12/h7-8,10-11,14,17-18,21H,2-6,9H2,1H3,(H,19,20). The van der Waals surface area contributed by atoms with Crippen LogP contribution in [0.2, 0.25) is 0 Å². The van der Waals surface area contributed by atoms with Crippen molar-refractivity contribution < 1.29 is 24.9 Å². The number of carboxylic acids is 1. The second-order valence-corrected chi connectivity index (χ2v) is 5.92. The van der Waals surface area contributed by atoms with Crippen LogP contribution in [0.3, 0.4) is 0 Å². The summed E-state index contributed by atoms with van der Waals surface area (Å²) in [5.41, 5.74) is 2.00. The molecule has 3 atom stereocenters. The van der Waals surface area contributed by atoms with Gasteiger partial charge in [-0.1, -0.05) is 25.5 Å². The van der Waals surface area contributed by atoms with Gasteiger partial charge in [0.05, 0.1) is 0 Å². The number of aliphatic hydroxyl groups is 2. The van der Waals surface area contributed by atoms with Crippen molar-refractivity contribution in [3.63, 3.8) is 0 Å². The van der Waals surface area contributed by atoms with Crippen LogP contribution in [0.1, 0.15) is 56.1 Å². The Bertz CT molecular complexity index is 514. The average Bonchev–Trinajstić information content (AvgIpc) is 2.47. The van der Waals surface area contributed by atoms with E-state index in [0.717, 1.165) is 30.4 Å². The van der Waals surface area contributed by atoms with Gasteiger partial charge in [-0.15, -0.1) is 0 Å². The van der Waals surface area contributed by atoms with Crippen molar-refractivity contribution in [2.75, 3.05) is 0 Å². The van der Waals surface area contributed by atoms with Gasteiger partial charge in [0.1, 0.15) is 11.9 Å². The molecule has 1 aromatic carbocycles. The first kappa shape index (κ1) is 16.8. The van der Waals surface area contributed by atoms with E-state index >= 15 is 0 Å². The summed E-state index contributed by atoms with van der Waals surface area (Å²) in [6.07, 6.45) is 1.99. The Balaban J connectivity index is 2.11. The minimum Gasteiger partial charge on any atom is -0.481 e. The average molecular weight is 308 g/mol. The van der Waals surface area contributed by atoms with Crippen LogP contribution in [-0.4, -0.2) is 33.7 Å². The van der Waals surface area contributed by atoms with Gasteiger partial charge in [-0.05, 0) is 42.4 Å². The number of benzene rings is 1. The molecule has 5 heteroatoms. The molecule has 0 aromatic heterocycles. The number of carboxylic acid groups (broad SMARTS) is 1. The molecule has 3 unspecified atom stereocenters. The lowest BCUT2D eigenvalue weighted by Crippen LogP contribution is -2.37. The first-order valence-corrected chi connectivity index (χ1v) is 7.88. The van der Waals surface area contributed by atoms with Crippen molar-refractivity contribution >= 4 is 5.97 Å². The summed E-state index contributed by atoms with van der Waals surface area (Å²) in [6.45, 7) is 2.11. The molecule has 3 N–H and O–H groups in total. The largest absolute Gasteiger partial charge is 0.481 e. The van der Waals surface area contributed by atoms with E-state index in [9.17, 15) is 15.0 Å². The Morgan fingerprint density at radius 3 is 2.82 bits per heavy atom. The highest BCUT2D eigenvalue weighted by molar-refractivity contribution is 5.66. The first-order chi connectivity index (χ1) is 10.5. The molecule has 1 aromatic rings. The van der Waals surface area contributed by atoms with Gasteiger partial charge < -0.3 is 20.1 Å². The Labute approximate surface area is 130 Å². The molecule has 1 aliphatic heterocycles. The van der Waals surface area contributed by atoms with Gasteiger partial charge >= 0.3 is 5.97 Å². The molecule has 0 amide bonds. The molecule has 22 heavy (non-hydrogen) atoms. The Morgan fingerprint density at radius 1 is 1.36 bits per heavy atom. The highest BCUT2D eigenvalue weighted by Crippen LogP contribution is 2.34. The summed E-state index contributed by atoms with van der Waals surface area (Å²) in [5, 5.41) is 28.0. The number of hydrogen-bond acceptors (Lipinski definition) is 4. The molecular formula is C17H24O5. The van der Waals surface area contributed by atoms with Crippen LogP contribution in [0.5, 0.6) is 5.75 Å². The maximum atomic E-state index is 10.7. The van der Waals surface area contributed by atoms with E-state index in [4.69, 9.17) is 9.84 Å². The van der Waals surface area contributed by atoms with Crippen molar-refractivity contribution in [2.24, 2.45) is 0 Å². The maximum absolute atomic E-state index is 10.7. The van der Waals surface area contributed by atoms with Crippen LogP contribution in [-0.2, 0) is 11.2 Å². The minimum atomic E-state index is -1.18. The van der Waals surface area contributed by atoms with Gasteiger partial charge in [0.25, 0.3) is 0 Å². The third kappa shape index (κ3) is 4.21.